The van der Waals surface area contributed by atoms with Crippen molar-refractivity contribution in [2.24, 2.45) is 0 Å². The summed E-state index contributed by atoms with van der Waals surface area (Å²) in [6.45, 7) is 20.3. The number of fused-ring (bicyclic) bond motifs is 13. The number of ketones is 2. The molecule has 0 saturated heterocycles. The molecule has 2 N–H and O–H groups in total. The van der Waals surface area contributed by atoms with Crippen LogP contribution in [0.1, 0.15) is 137 Å². The zero-order chi connectivity index (χ0) is 83.5. The van der Waals surface area contributed by atoms with E-state index >= 15 is 0 Å². The number of benzene rings is 9. The van der Waals surface area contributed by atoms with Crippen molar-refractivity contribution in [3.05, 3.63) is 280 Å². The first-order chi connectivity index (χ1) is 53.5. The molecule has 0 saturated carbocycles. The summed E-state index contributed by atoms with van der Waals surface area (Å²) in [6.07, 6.45) is 8.16. The van der Waals surface area contributed by atoms with Gasteiger partial charge < -0.3 is 20.2 Å². The third-order valence-corrected chi connectivity index (χ3v) is 21.6. The number of allylic oxidation sites excluding steroid dienone is 4. The third-order valence-electron chi connectivity index (χ3n) is 17.3. The predicted octanol–water partition coefficient (Wildman–Crippen LogP) is 20.4. The molecular formula is C89H90GeIr2N6O4. The van der Waals surface area contributed by atoms with Gasteiger partial charge in [0.1, 0.15) is 19.6 Å². The molecule has 522 valence electrons. The monoisotopic (exact) mass is 1780 g/mol. The van der Waals surface area contributed by atoms with E-state index in [-0.39, 0.29) is 132 Å². The van der Waals surface area contributed by atoms with Gasteiger partial charge in [-0.1, -0.05) is 143 Å². The van der Waals surface area contributed by atoms with Gasteiger partial charge in [0.05, 0.1) is 41.8 Å². The molecule has 2 aliphatic rings. The summed E-state index contributed by atoms with van der Waals surface area (Å²) in [4.78, 5) is 34.0. The van der Waals surface area contributed by atoms with Gasteiger partial charge in [-0.15, -0.1) is 64.5 Å². The van der Waals surface area contributed by atoms with Gasteiger partial charge >= 0.3 is 105 Å². The molecular weight excluding hydrogens is 1670 g/mol. The van der Waals surface area contributed by atoms with Crippen LogP contribution in [-0.4, -0.2) is 54.6 Å². The molecule has 2 radical (unpaired) electrons. The molecule has 14 aromatic rings. The van der Waals surface area contributed by atoms with Crippen molar-refractivity contribution >= 4 is 99.9 Å². The predicted molar refractivity (Wildman–Crippen MR) is 417 cm³/mol. The van der Waals surface area contributed by atoms with Crippen LogP contribution in [0.4, 0.5) is 0 Å². The number of rotatable bonds is 7. The van der Waals surface area contributed by atoms with E-state index in [2.05, 4.69) is 183 Å². The zero-order valence-corrected chi connectivity index (χ0v) is 66.8. The Morgan fingerprint density at radius 1 is 0.667 bits per heavy atom. The average molecular weight is 1780 g/mol. The number of hydrogen-bond donors (Lipinski definition) is 2. The fraction of sp³-hybridized carbons (Fsp3) is 0.225. The maximum absolute atomic E-state index is 10.0. The van der Waals surface area contributed by atoms with Crippen LogP contribution in [0.3, 0.4) is 0 Å². The minimum atomic E-state index is -2.94. The molecule has 13 heteroatoms. The standard InChI is InChI=1S/C24H19N2.C23H26N.C17H11N2.C15H18GeN.2C5H8O2.2Ir/c1-15-7-5-8-16(2)22(15)21-14-25-13-17-9-6-11-19-18-10-3-4-12-20(18)26(21)24(25)23(17)19;1-14(2)18-12-21(15(3)4)20-7-8-24-23(22(20)13-18)19-10-16(5)9-17(6)11-19;1-11-10-18-16-14-8-4-2-6-12(14)13-7-3-5-9-15(13)17(16)19-11;1-16(2,3)13-8-9-15-14-7-5-4-6-12(14)10-17(15)11-13;2*1-4(6)3-5(2)7;;/h3-12,14H,13H2,1-2H3;7-10,12-15H,1-6H3;2-7,9-10H,1H3;4-9,11H,10H2,1-3H3;2*3,6H,1-2H3;;/q+1;2*-1;+1;;;;/i1D3,3D,4D,5D,6D,7D,8D,9D,10D,11D,12D,14D;;;;;;;. The number of imidazole rings is 1. The van der Waals surface area contributed by atoms with Crippen LogP contribution in [0.25, 0.3) is 104 Å². The Morgan fingerprint density at radius 3 is 2.02 bits per heavy atom. The smallest absolute Gasteiger partial charge is 0 e. The van der Waals surface area contributed by atoms with Gasteiger partial charge in [-0.25, -0.2) is 4.57 Å². The molecule has 0 unspecified atom stereocenters. The molecule has 5 aromatic heterocycles. The van der Waals surface area contributed by atoms with Crippen LogP contribution >= 0.6 is 0 Å². The Bertz CT molecular complexity index is 6290. The third kappa shape index (κ3) is 16.8. The van der Waals surface area contributed by atoms with Gasteiger partial charge in [0, 0.05) is 96.3 Å². The number of carbonyl (C=O) groups excluding carboxylic acids is 2. The van der Waals surface area contributed by atoms with Crippen LogP contribution in [-0.2, 0) is 62.9 Å². The molecule has 0 amide bonds. The maximum Gasteiger partial charge on any atom is 0 e. The van der Waals surface area contributed by atoms with Crippen molar-refractivity contribution in [2.75, 3.05) is 0 Å². The van der Waals surface area contributed by atoms with Gasteiger partial charge in [-0.3, -0.25) is 14.6 Å². The second-order valence-electron chi connectivity index (χ2n) is 27.1. The molecule has 0 aliphatic carbocycles. The number of carbonyl (C=O) groups is 2. The summed E-state index contributed by atoms with van der Waals surface area (Å²) in [5.74, 6) is 8.21. The SMILES string of the molecule is CC(=O)C=C(C)O.CC(=O)C=C(C)O.Cc1[c-]c(-c2nccc3c(C(C)C)cc(C(C)C)cc23)cc(C)c1.Cc1cnc2c3[c-]cccc3c3ccccc3c2n1.[2H]c1c([2H])c(C)c(-c2c([2H])n3c4c5c(c([2H])c([2H])c([2H])c5c5c([2H])c([2H])c([2H])c([2H])c5[n+]24)C3)c(C([2H])([2H])[2H])c1[2H].[CH3][Ge]([CH3])([CH3])[c]1ccc2[n+](c1)Cc1ccccc1-2.[Ir].[Ir]. The van der Waals surface area contributed by atoms with Crippen molar-refractivity contribution in [1.29, 1.82) is 0 Å². The van der Waals surface area contributed by atoms with Gasteiger partial charge in [0.25, 0.3) is 5.65 Å². The van der Waals surface area contributed by atoms with Crippen LogP contribution in [0.5, 0.6) is 0 Å². The average Bonchev–Trinajstić information content (AvgIpc) is 1.53. The number of pyridine rings is 3. The number of aryl methyl sites for hydroxylation is 3. The van der Waals surface area contributed by atoms with E-state index in [1.807, 2.05) is 37.5 Å². The summed E-state index contributed by atoms with van der Waals surface area (Å²) in [5.41, 5.74) is 13.8. The van der Waals surface area contributed by atoms with Crippen LogP contribution in [0.2, 0.25) is 17.3 Å². The molecule has 10 nitrogen and oxygen atoms in total. The minimum Gasteiger partial charge on any atom is 0 e. The van der Waals surface area contributed by atoms with E-state index in [9.17, 15) is 9.59 Å². The largest absolute Gasteiger partial charge is 0 e. The fourth-order valence-corrected chi connectivity index (χ4v) is 15.2. The number of aliphatic hydroxyl groups is 2. The molecule has 0 bridgehead atoms. The van der Waals surface area contributed by atoms with Gasteiger partial charge in [0.2, 0.25) is 0 Å². The quantitative estimate of drug-likeness (QED) is 0.0406. The van der Waals surface area contributed by atoms with E-state index in [4.69, 9.17) is 34.4 Å². The zero-order valence-electron chi connectivity index (χ0n) is 73.9. The summed E-state index contributed by atoms with van der Waals surface area (Å²) in [5, 5.41) is 24.0. The maximum atomic E-state index is 10.0. The number of aliphatic hydroxyl groups excluding tert-OH is 2. The second-order valence-corrected chi connectivity index (χ2v) is 37.7. The molecule has 2 aliphatic heterocycles. The summed E-state index contributed by atoms with van der Waals surface area (Å²) < 4.78 is 125. The fourth-order valence-electron chi connectivity index (χ4n) is 12.9. The molecule has 16 rings (SSSR count). The second kappa shape index (κ2) is 32.9. The Morgan fingerprint density at radius 2 is 1.34 bits per heavy atom. The Balaban J connectivity index is 0.000000174. The van der Waals surface area contributed by atoms with E-state index in [1.54, 1.807) is 4.40 Å². The van der Waals surface area contributed by atoms with E-state index in [0.717, 1.165) is 50.9 Å². The number of nitrogens with zero attached hydrogens (tertiary/aromatic N) is 6. The number of para-hydroxylation sites is 1. The van der Waals surface area contributed by atoms with Crippen molar-refractivity contribution in [3.8, 4) is 33.8 Å². The van der Waals surface area contributed by atoms with Crippen LogP contribution in [0, 0.1) is 46.7 Å². The number of aromatic nitrogens is 6. The Hall–Kier alpha value is -9.13. The van der Waals surface area contributed by atoms with E-state index in [0.29, 0.717) is 11.8 Å². The first kappa shape index (κ1) is 59.4. The molecule has 0 spiro atoms. The van der Waals surface area contributed by atoms with E-state index < -0.39 is 80.1 Å². The van der Waals surface area contributed by atoms with Crippen molar-refractivity contribution in [1.82, 2.24) is 19.5 Å². The number of hydrogen-bond acceptors (Lipinski definition) is 7. The summed E-state index contributed by atoms with van der Waals surface area (Å²) >= 11 is -1.70. The molecule has 9 aromatic carbocycles. The van der Waals surface area contributed by atoms with Crippen molar-refractivity contribution in [2.45, 2.75) is 132 Å². The summed E-state index contributed by atoms with van der Waals surface area (Å²) in [6, 6.07) is 40.7. The molecule has 102 heavy (non-hydrogen) atoms. The van der Waals surface area contributed by atoms with Gasteiger partial charge in [0.15, 0.2) is 17.3 Å². The Labute approximate surface area is 649 Å². The molecule has 0 atom stereocenters. The van der Waals surface area contributed by atoms with E-state index in [1.165, 1.54) is 111 Å². The molecule has 0 fully saturated rings. The first-order valence-corrected chi connectivity index (χ1v) is 40.7. The van der Waals surface area contributed by atoms with Crippen molar-refractivity contribution in [3.63, 3.8) is 0 Å². The normalized spacial score (nSPS) is 14.0. The van der Waals surface area contributed by atoms with Gasteiger partial charge in [-0.05, 0) is 116 Å². The minimum absolute atomic E-state index is 0. The van der Waals surface area contributed by atoms with Crippen molar-refractivity contribution < 1.29 is 88.2 Å². The summed E-state index contributed by atoms with van der Waals surface area (Å²) in [7, 11) is 0. The first-order valence-electron chi connectivity index (χ1n) is 40.3. The topological polar surface area (TPSA) is 126 Å². The van der Waals surface area contributed by atoms with Crippen LogP contribution in [0.15, 0.2) is 218 Å². The molecule has 7 heterocycles. The Kier molecular flexibility index (Phi) is 19.2. The van der Waals surface area contributed by atoms with Gasteiger partial charge in [-0.2, -0.15) is 4.40 Å². The van der Waals surface area contributed by atoms with Crippen LogP contribution < -0.4 is 13.4 Å².